The summed E-state index contributed by atoms with van der Waals surface area (Å²) in [5.41, 5.74) is 0.411. The highest BCUT2D eigenvalue weighted by Gasteiger charge is 2.28. The molecule has 0 radical (unpaired) electrons. The Bertz CT molecular complexity index is 814. The van der Waals surface area contributed by atoms with Crippen LogP contribution in [-0.2, 0) is 16.1 Å². The quantitative estimate of drug-likeness (QED) is 0.901. The fourth-order valence-electron chi connectivity index (χ4n) is 2.92. The Morgan fingerprint density at radius 3 is 2.87 bits per heavy atom. The molecule has 0 bridgehead atoms. The zero-order chi connectivity index (χ0) is 16.4. The fraction of sp³-hybridized carbons (Fsp3) is 0.375. The largest absolute Gasteiger partial charge is 0.481 e. The molecule has 3 rings (SSSR count). The molecule has 2 aromatic rings. The number of likely N-dealkylation sites (tertiary alicyclic amines) is 1. The summed E-state index contributed by atoms with van der Waals surface area (Å²) >= 11 is 0. The molecule has 2 heterocycles. The molecule has 1 aromatic carbocycles. The minimum absolute atomic E-state index is 0.00681. The van der Waals surface area contributed by atoms with Crippen LogP contribution in [0.2, 0.25) is 0 Å². The topological polar surface area (TPSA) is 92.5 Å². The number of carboxylic acids is 1. The number of fused-ring (bicyclic) bond motifs is 1. The molecule has 120 valence electrons. The van der Waals surface area contributed by atoms with E-state index < -0.39 is 11.9 Å². The molecule has 1 atom stereocenters. The Hall–Kier alpha value is -2.70. The third-order valence-corrected chi connectivity index (χ3v) is 4.17. The minimum atomic E-state index is -0.866. The van der Waals surface area contributed by atoms with Gasteiger partial charge in [0.15, 0.2) is 0 Å². The van der Waals surface area contributed by atoms with Crippen LogP contribution in [0.15, 0.2) is 35.3 Å². The lowest BCUT2D eigenvalue weighted by Crippen LogP contribution is -2.43. The van der Waals surface area contributed by atoms with Gasteiger partial charge in [-0.25, -0.2) is 0 Å². The van der Waals surface area contributed by atoms with Gasteiger partial charge in [0.05, 0.1) is 17.6 Å². The molecule has 1 aliphatic heterocycles. The van der Waals surface area contributed by atoms with E-state index in [9.17, 15) is 14.4 Å². The van der Waals surface area contributed by atoms with Crippen molar-refractivity contribution < 1.29 is 14.7 Å². The van der Waals surface area contributed by atoms with Crippen LogP contribution < -0.4 is 5.43 Å². The number of hydrogen-bond donors (Lipinski definition) is 1. The van der Waals surface area contributed by atoms with Gasteiger partial charge in [0.1, 0.15) is 6.54 Å². The van der Waals surface area contributed by atoms with Crippen LogP contribution in [0.4, 0.5) is 0 Å². The van der Waals surface area contributed by atoms with E-state index in [1.54, 1.807) is 29.2 Å². The number of carboxylic acid groups (broad SMARTS) is 1. The van der Waals surface area contributed by atoms with Gasteiger partial charge < -0.3 is 10.0 Å². The van der Waals surface area contributed by atoms with E-state index >= 15 is 0 Å². The normalized spacial score (nSPS) is 18.1. The number of rotatable bonds is 3. The average molecular weight is 315 g/mol. The molecule has 23 heavy (non-hydrogen) atoms. The van der Waals surface area contributed by atoms with E-state index in [2.05, 4.69) is 5.10 Å². The van der Waals surface area contributed by atoms with Crippen molar-refractivity contribution in [1.82, 2.24) is 14.7 Å². The minimum Gasteiger partial charge on any atom is -0.481 e. The SMILES string of the molecule is O=C(O)[C@@H]1CCCN(C(=O)Cn2ncc(=O)c3ccccc32)C1. The lowest BCUT2D eigenvalue weighted by molar-refractivity contribution is -0.145. The number of carbonyl (C=O) groups is 2. The summed E-state index contributed by atoms with van der Waals surface area (Å²) in [7, 11) is 0. The highest BCUT2D eigenvalue weighted by molar-refractivity contribution is 5.82. The predicted molar refractivity (Wildman–Crippen MR) is 82.9 cm³/mol. The summed E-state index contributed by atoms with van der Waals surface area (Å²) in [6.07, 6.45) is 2.48. The summed E-state index contributed by atoms with van der Waals surface area (Å²) in [4.78, 5) is 36.9. The molecule has 1 aliphatic rings. The molecule has 0 saturated carbocycles. The number of benzene rings is 1. The highest BCUT2D eigenvalue weighted by atomic mass is 16.4. The first-order chi connectivity index (χ1) is 11.1. The summed E-state index contributed by atoms with van der Waals surface area (Å²) in [6.45, 7) is 0.778. The number of nitrogens with zero attached hydrogens (tertiary/aromatic N) is 3. The summed E-state index contributed by atoms with van der Waals surface area (Å²) in [5.74, 6) is -1.56. The van der Waals surface area contributed by atoms with Crippen molar-refractivity contribution in [3.8, 4) is 0 Å². The Labute approximate surface area is 132 Å². The van der Waals surface area contributed by atoms with Gasteiger partial charge in [0.25, 0.3) is 0 Å². The smallest absolute Gasteiger partial charge is 0.308 e. The average Bonchev–Trinajstić information content (AvgIpc) is 2.57. The van der Waals surface area contributed by atoms with Crippen molar-refractivity contribution in [3.63, 3.8) is 0 Å². The van der Waals surface area contributed by atoms with Crippen molar-refractivity contribution in [2.24, 2.45) is 5.92 Å². The molecule has 1 fully saturated rings. The van der Waals surface area contributed by atoms with Crippen molar-refractivity contribution in [2.45, 2.75) is 19.4 Å². The first kappa shape index (κ1) is 15.2. The molecule has 1 saturated heterocycles. The van der Waals surface area contributed by atoms with Gasteiger partial charge in [-0.15, -0.1) is 0 Å². The summed E-state index contributed by atoms with van der Waals surface area (Å²) in [5, 5.41) is 13.7. The third-order valence-electron chi connectivity index (χ3n) is 4.17. The van der Waals surface area contributed by atoms with Crippen LogP contribution >= 0.6 is 0 Å². The number of hydrogen-bond acceptors (Lipinski definition) is 4. The standard InChI is InChI=1S/C16H17N3O4/c20-14-8-17-19(13-6-2-1-5-12(13)14)10-15(21)18-7-3-4-11(9-18)16(22)23/h1-2,5-6,8,11H,3-4,7,9-10H2,(H,22,23)/t11-/m1/s1. The zero-order valence-corrected chi connectivity index (χ0v) is 12.5. The van der Waals surface area contributed by atoms with Crippen LogP contribution in [0, 0.1) is 5.92 Å². The second-order valence-electron chi connectivity index (χ2n) is 5.70. The maximum atomic E-state index is 12.5. The Morgan fingerprint density at radius 2 is 2.09 bits per heavy atom. The van der Waals surface area contributed by atoms with Crippen LogP contribution in [0.1, 0.15) is 12.8 Å². The lowest BCUT2D eigenvalue weighted by Gasteiger charge is -2.30. The second kappa shape index (κ2) is 6.20. The number of aromatic nitrogens is 2. The number of amides is 1. The molecule has 7 nitrogen and oxygen atoms in total. The van der Waals surface area contributed by atoms with Gasteiger partial charge in [-0.3, -0.25) is 19.1 Å². The Balaban J connectivity index is 1.82. The second-order valence-corrected chi connectivity index (χ2v) is 5.70. The molecule has 0 spiro atoms. The van der Waals surface area contributed by atoms with Gasteiger partial charge in [0.2, 0.25) is 11.3 Å². The van der Waals surface area contributed by atoms with Gasteiger partial charge in [-0.05, 0) is 25.0 Å². The molecule has 0 aliphatic carbocycles. The first-order valence-electron chi connectivity index (χ1n) is 7.51. The van der Waals surface area contributed by atoms with Gasteiger partial charge in [0, 0.05) is 18.5 Å². The molecular formula is C16H17N3O4. The first-order valence-corrected chi connectivity index (χ1v) is 7.51. The van der Waals surface area contributed by atoms with E-state index in [0.29, 0.717) is 30.3 Å². The predicted octanol–water partition coefficient (Wildman–Crippen LogP) is 0.720. The van der Waals surface area contributed by atoms with Crippen molar-refractivity contribution in [1.29, 1.82) is 0 Å². The summed E-state index contributed by atoms with van der Waals surface area (Å²) in [6, 6.07) is 6.98. The monoisotopic (exact) mass is 315 g/mol. The molecule has 1 amide bonds. The van der Waals surface area contributed by atoms with Crippen LogP contribution in [0.5, 0.6) is 0 Å². The summed E-state index contributed by atoms with van der Waals surface area (Å²) < 4.78 is 1.49. The highest BCUT2D eigenvalue weighted by Crippen LogP contribution is 2.17. The van der Waals surface area contributed by atoms with Crippen molar-refractivity contribution in [3.05, 3.63) is 40.7 Å². The van der Waals surface area contributed by atoms with E-state index in [1.807, 2.05) is 0 Å². The zero-order valence-electron chi connectivity index (χ0n) is 12.5. The van der Waals surface area contributed by atoms with Gasteiger partial charge in [-0.1, -0.05) is 12.1 Å². The van der Waals surface area contributed by atoms with E-state index in [1.165, 1.54) is 10.9 Å². The van der Waals surface area contributed by atoms with E-state index in [0.717, 1.165) is 0 Å². The Kier molecular flexibility index (Phi) is 4.10. The molecule has 1 aromatic heterocycles. The fourth-order valence-corrected chi connectivity index (χ4v) is 2.92. The van der Waals surface area contributed by atoms with Crippen molar-refractivity contribution in [2.75, 3.05) is 13.1 Å². The maximum absolute atomic E-state index is 12.5. The number of para-hydroxylation sites is 1. The van der Waals surface area contributed by atoms with Gasteiger partial charge >= 0.3 is 5.97 Å². The third kappa shape index (κ3) is 3.08. The van der Waals surface area contributed by atoms with E-state index in [4.69, 9.17) is 5.11 Å². The lowest BCUT2D eigenvalue weighted by atomic mass is 9.98. The maximum Gasteiger partial charge on any atom is 0.308 e. The number of aliphatic carboxylic acids is 1. The molecule has 7 heteroatoms. The molecular weight excluding hydrogens is 298 g/mol. The number of carbonyl (C=O) groups excluding carboxylic acids is 1. The molecule has 0 unspecified atom stereocenters. The Morgan fingerprint density at radius 1 is 1.30 bits per heavy atom. The van der Waals surface area contributed by atoms with Crippen molar-refractivity contribution >= 4 is 22.8 Å². The van der Waals surface area contributed by atoms with Gasteiger partial charge in [-0.2, -0.15) is 5.10 Å². The molecule has 1 N–H and O–H groups in total. The van der Waals surface area contributed by atoms with E-state index in [-0.39, 0.29) is 24.4 Å². The van der Waals surface area contributed by atoms with Crippen LogP contribution in [-0.4, -0.2) is 44.8 Å². The number of piperidine rings is 1. The van der Waals surface area contributed by atoms with Crippen LogP contribution in [0.3, 0.4) is 0 Å². The van der Waals surface area contributed by atoms with Crippen LogP contribution in [0.25, 0.3) is 10.9 Å².